The van der Waals surface area contributed by atoms with E-state index in [0.717, 1.165) is 36.5 Å². The van der Waals surface area contributed by atoms with Gasteiger partial charge in [-0.25, -0.2) is 4.79 Å². The molecule has 1 aliphatic rings. The van der Waals surface area contributed by atoms with Crippen molar-refractivity contribution in [1.82, 2.24) is 10.3 Å². The highest BCUT2D eigenvalue weighted by molar-refractivity contribution is 6.32. The van der Waals surface area contributed by atoms with Gasteiger partial charge in [0.05, 0.1) is 11.1 Å². The fraction of sp³-hybridized carbons (Fsp3) is 0.500. The van der Waals surface area contributed by atoms with Crippen LogP contribution in [0.4, 0.5) is 4.79 Å². The maximum absolute atomic E-state index is 11.9. The van der Waals surface area contributed by atoms with Crippen LogP contribution in [0.5, 0.6) is 5.75 Å². The molecule has 1 N–H and O–H groups in total. The Morgan fingerprint density at radius 2 is 1.92 bits per heavy atom. The van der Waals surface area contributed by atoms with E-state index < -0.39 is 5.60 Å². The van der Waals surface area contributed by atoms with E-state index in [1.165, 1.54) is 0 Å². The Bertz CT molecular complexity index is 780. The van der Waals surface area contributed by atoms with Crippen molar-refractivity contribution in [3.05, 3.63) is 35.6 Å². The molecule has 1 fully saturated rings. The number of fused-ring (bicyclic) bond motifs is 1. The van der Waals surface area contributed by atoms with E-state index in [2.05, 4.69) is 10.3 Å². The lowest BCUT2D eigenvalue weighted by atomic mass is 9.93. The lowest BCUT2D eigenvalue weighted by molar-refractivity contribution is 0.0471. The van der Waals surface area contributed by atoms with Crippen LogP contribution in [-0.2, 0) is 4.74 Å². The summed E-state index contributed by atoms with van der Waals surface area (Å²) in [6.45, 7) is 5.59. The Morgan fingerprint density at radius 1 is 1.19 bits per heavy atom. The third kappa shape index (κ3) is 5.01. The molecule has 0 aliphatic heterocycles. The van der Waals surface area contributed by atoms with Crippen LogP contribution >= 0.6 is 11.6 Å². The molecule has 0 radical (unpaired) electrons. The number of hydrogen-bond acceptors (Lipinski definition) is 4. The number of pyridine rings is 1. The molecule has 1 amide bonds. The molecule has 0 spiro atoms. The molecule has 1 saturated carbocycles. The van der Waals surface area contributed by atoms with Crippen LogP contribution in [0.25, 0.3) is 10.8 Å². The molecule has 1 heterocycles. The molecule has 2 aromatic rings. The monoisotopic (exact) mass is 376 g/mol. The predicted octanol–water partition coefficient (Wildman–Crippen LogP) is 5.10. The second kappa shape index (κ2) is 7.70. The first kappa shape index (κ1) is 18.8. The van der Waals surface area contributed by atoms with Crippen LogP contribution in [0, 0.1) is 0 Å². The SMILES string of the molecule is CC(C)(C)OC(=O)N[C@H]1CC[C@H](Oc2cc3ccncc3cc2Cl)CC1. The van der Waals surface area contributed by atoms with Gasteiger partial charge >= 0.3 is 6.09 Å². The molecule has 1 aliphatic carbocycles. The summed E-state index contributed by atoms with van der Waals surface area (Å²) in [5.74, 6) is 0.703. The van der Waals surface area contributed by atoms with Gasteiger partial charge in [-0.1, -0.05) is 11.6 Å². The molecule has 6 heteroatoms. The summed E-state index contributed by atoms with van der Waals surface area (Å²) in [5, 5.41) is 5.59. The highest BCUT2D eigenvalue weighted by Gasteiger charge is 2.26. The first-order chi connectivity index (χ1) is 12.3. The van der Waals surface area contributed by atoms with Crippen LogP contribution in [-0.4, -0.2) is 28.8 Å². The first-order valence-electron chi connectivity index (χ1n) is 8.99. The third-order valence-electron chi connectivity index (χ3n) is 4.38. The van der Waals surface area contributed by atoms with Gasteiger partial charge in [0.15, 0.2) is 0 Å². The van der Waals surface area contributed by atoms with Crippen LogP contribution in [0.3, 0.4) is 0 Å². The van der Waals surface area contributed by atoms with Crippen molar-refractivity contribution in [3.63, 3.8) is 0 Å². The van der Waals surface area contributed by atoms with Crippen LogP contribution < -0.4 is 10.1 Å². The Kier molecular flexibility index (Phi) is 5.56. The molecule has 0 saturated heterocycles. The standard InChI is InChI=1S/C20H25ClN2O3/c1-20(2,3)26-19(24)23-15-4-6-16(7-5-15)25-18-11-13-8-9-22-12-14(13)10-17(18)21/h8-12,15-16H,4-7H2,1-3H3,(H,23,24)/t15-,16-. The van der Waals surface area contributed by atoms with Gasteiger partial charge < -0.3 is 14.8 Å². The van der Waals surface area contributed by atoms with E-state index >= 15 is 0 Å². The second-order valence-corrected chi connectivity index (χ2v) is 8.15. The van der Waals surface area contributed by atoms with Crippen molar-refractivity contribution in [2.24, 2.45) is 0 Å². The number of ether oxygens (including phenoxy) is 2. The first-order valence-corrected chi connectivity index (χ1v) is 9.37. The molecule has 1 aromatic heterocycles. The summed E-state index contributed by atoms with van der Waals surface area (Å²) in [6, 6.07) is 5.92. The summed E-state index contributed by atoms with van der Waals surface area (Å²) in [5.41, 5.74) is -0.479. The smallest absolute Gasteiger partial charge is 0.407 e. The molecule has 140 valence electrons. The van der Waals surface area contributed by atoms with E-state index in [1.54, 1.807) is 12.4 Å². The number of aromatic nitrogens is 1. The van der Waals surface area contributed by atoms with Crippen molar-refractivity contribution in [3.8, 4) is 5.75 Å². The van der Waals surface area contributed by atoms with Gasteiger partial charge in [0.1, 0.15) is 11.4 Å². The van der Waals surface area contributed by atoms with E-state index in [9.17, 15) is 4.79 Å². The highest BCUT2D eigenvalue weighted by atomic mass is 35.5. The van der Waals surface area contributed by atoms with Gasteiger partial charge in [0, 0.05) is 23.8 Å². The fourth-order valence-corrected chi connectivity index (χ4v) is 3.37. The van der Waals surface area contributed by atoms with Gasteiger partial charge in [-0.3, -0.25) is 4.98 Å². The quantitative estimate of drug-likeness (QED) is 0.809. The molecule has 26 heavy (non-hydrogen) atoms. The van der Waals surface area contributed by atoms with Gasteiger partial charge in [0.2, 0.25) is 0 Å². The molecule has 5 nitrogen and oxygen atoms in total. The van der Waals surface area contributed by atoms with Gasteiger partial charge in [-0.2, -0.15) is 0 Å². The van der Waals surface area contributed by atoms with E-state index in [1.807, 2.05) is 39.0 Å². The highest BCUT2D eigenvalue weighted by Crippen LogP contribution is 2.32. The number of hydrogen-bond donors (Lipinski definition) is 1. The number of nitrogens with zero attached hydrogens (tertiary/aromatic N) is 1. The summed E-state index contributed by atoms with van der Waals surface area (Å²) in [7, 11) is 0. The van der Waals surface area contributed by atoms with E-state index in [-0.39, 0.29) is 18.2 Å². The van der Waals surface area contributed by atoms with Crippen LogP contribution in [0.15, 0.2) is 30.6 Å². The molecule has 3 rings (SSSR count). The van der Waals surface area contributed by atoms with Gasteiger partial charge in [-0.15, -0.1) is 0 Å². The molecule has 1 aromatic carbocycles. The molecule has 0 atom stereocenters. The average molecular weight is 377 g/mol. The number of alkyl carbamates (subject to hydrolysis) is 1. The lowest BCUT2D eigenvalue weighted by Gasteiger charge is -2.30. The maximum atomic E-state index is 11.9. The number of rotatable bonds is 3. The minimum atomic E-state index is -0.479. The third-order valence-corrected chi connectivity index (χ3v) is 4.68. The second-order valence-electron chi connectivity index (χ2n) is 7.74. The minimum absolute atomic E-state index is 0.100. The number of nitrogens with one attached hydrogen (secondary N) is 1. The number of carbonyl (C=O) groups excluding carboxylic acids is 1. The summed E-state index contributed by atoms with van der Waals surface area (Å²) >= 11 is 6.36. The molecular weight excluding hydrogens is 352 g/mol. The van der Waals surface area contributed by atoms with Crippen molar-refractivity contribution >= 4 is 28.5 Å². The lowest BCUT2D eigenvalue weighted by Crippen LogP contribution is -2.42. The zero-order valence-electron chi connectivity index (χ0n) is 15.4. The zero-order valence-corrected chi connectivity index (χ0v) is 16.2. The van der Waals surface area contributed by atoms with Crippen molar-refractivity contribution in [2.45, 2.75) is 64.2 Å². The van der Waals surface area contributed by atoms with Gasteiger partial charge in [0.25, 0.3) is 0 Å². The summed E-state index contributed by atoms with van der Waals surface area (Å²) in [4.78, 5) is 16.0. The summed E-state index contributed by atoms with van der Waals surface area (Å²) in [6.07, 6.45) is 6.75. The predicted molar refractivity (Wildman–Crippen MR) is 103 cm³/mol. The Morgan fingerprint density at radius 3 is 2.62 bits per heavy atom. The topological polar surface area (TPSA) is 60.5 Å². The Balaban J connectivity index is 1.54. The number of halogens is 1. The number of benzene rings is 1. The largest absolute Gasteiger partial charge is 0.489 e. The minimum Gasteiger partial charge on any atom is -0.489 e. The Labute approximate surface area is 159 Å². The maximum Gasteiger partial charge on any atom is 0.407 e. The number of amides is 1. The van der Waals surface area contributed by atoms with Crippen molar-refractivity contribution < 1.29 is 14.3 Å². The van der Waals surface area contributed by atoms with Gasteiger partial charge in [-0.05, 0) is 70.0 Å². The molecular formula is C20H25ClN2O3. The van der Waals surface area contributed by atoms with Crippen LogP contribution in [0.1, 0.15) is 46.5 Å². The normalized spacial score (nSPS) is 20.6. The van der Waals surface area contributed by atoms with Crippen molar-refractivity contribution in [2.75, 3.05) is 0 Å². The van der Waals surface area contributed by atoms with Crippen LogP contribution in [0.2, 0.25) is 5.02 Å². The average Bonchev–Trinajstić information content (AvgIpc) is 2.55. The van der Waals surface area contributed by atoms with E-state index in [0.29, 0.717) is 10.8 Å². The Hall–Kier alpha value is -2.01. The molecule has 0 unspecified atom stereocenters. The molecule has 0 bridgehead atoms. The fourth-order valence-electron chi connectivity index (χ4n) is 3.16. The number of carbonyl (C=O) groups is 1. The van der Waals surface area contributed by atoms with E-state index in [4.69, 9.17) is 21.1 Å². The zero-order chi connectivity index (χ0) is 18.7. The summed E-state index contributed by atoms with van der Waals surface area (Å²) < 4.78 is 11.4. The van der Waals surface area contributed by atoms with Crippen molar-refractivity contribution in [1.29, 1.82) is 0 Å².